The molecule has 0 spiro atoms. The van der Waals surface area contributed by atoms with Crippen LogP contribution >= 0.6 is 15.9 Å². The van der Waals surface area contributed by atoms with Crippen LogP contribution in [0.2, 0.25) is 0 Å². The zero-order valence-electron chi connectivity index (χ0n) is 10.7. The highest BCUT2D eigenvalue weighted by Gasteiger charge is 2.19. The van der Waals surface area contributed by atoms with Gasteiger partial charge in [-0.05, 0) is 24.3 Å². The van der Waals surface area contributed by atoms with E-state index in [9.17, 15) is 18.0 Å². The molecular weight excluding hydrogens is 351 g/mol. The van der Waals surface area contributed by atoms with Crippen molar-refractivity contribution < 1.29 is 22.7 Å². The molecule has 7 heteroatoms. The van der Waals surface area contributed by atoms with Gasteiger partial charge in [-0.25, -0.2) is 13.2 Å². The van der Waals surface area contributed by atoms with E-state index >= 15 is 0 Å². The van der Waals surface area contributed by atoms with Gasteiger partial charge in [0.25, 0.3) is 5.91 Å². The summed E-state index contributed by atoms with van der Waals surface area (Å²) in [5, 5.41) is 2.22. The van der Waals surface area contributed by atoms with Crippen molar-refractivity contribution in [1.29, 1.82) is 0 Å². The molecule has 0 aliphatic heterocycles. The molecule has 3 nitrogen and oxygen atoms in total. The predicted molar refractivity (Wildman–Crippen MR) is 75.0 cm³/mol. The van der Waals surface area contributed by atoms with Gasteiger partial charge in [-0.1, -0.05) is 15.9 Å². The molecule has 0 saturated heterocycles. The van der Waals surface area contributed by atoms with Gasteiger partial charge in [0, 0.05) is 16.2 Å². The number of amides is 1. The van der Waals surface area contributed by atoms with E-state index in [-0.39, 0.29) is 15.9 Å². The number of halogens is 4. The number of anilines is 1. The SMILES string of the molecule is COc1ccc(NC(=O)c2c(F)cc(Br)cc2F)cc1F. The average molecular weight is 360 g/mol. The lowest BCUT2D eigenvalue weighted by Crippen LogP contribution is -2.16. The number of carbonyl (C=O) groups excluding carboxylic acids is 1. The molecular formula is C14H9BrF3NO2. The van der Waals surface area contributed by atoms with Gasteiger partial charge in [0.2, 0.25) is 0 Å². The molecule has 21 heavy (non-hydrogen) atoms. The number of hydrogen-bond acceptors (Lipinski definition) is 2. The van der Waals surface area contributed by atoms with Crippen LogP contribution in [-0.4, -0.2) is 13.0 Å². The molecule has 0 bridgehead atoms. The van der Waals surface area contributed by atoms with E-state index in [0.29, 0.717) is 0 Å². The number of ether oxygens (including phenoxy) is 1. The summed E-state index contributed by atoms with van der Waals surface area (Å²) >= 11 is 2.91. The van der Waals surface area contributed by atoms with Crippen LogP contribution < -0.4 is 10.1 Å². The first-order valence-corrected chi connectivity index (χ1v) is 6.51. The highest BCUT2D eigenvalue weighted by atomic mass is 79.9. The monoisotopic (exact) mass is 359 g/mol. The van der Waals surface area contributed by atoms with Crippen LogP contribution in [0.1, 0.15) is 10.4 Å². The number of methoxy groups -OCH3 is 1. The largest absolute Gasteiger partial charge is 0.494 e. The van der Waals surface area contributed by atoms with Gasteiger partial charge in [0.1, 0.15) is 17.2 Å². The van der Waals surface area contributed by atoms with Gasteiger partial charge in [0.05, 0.1) is 7.11 Å². The Morgan fingerprint density at radius 3 is 2.24 bits per heavy atom. The Morgan fingerprint density at radius 2 is 1.71 bits per heavy atom. The van der Waals surface area contributed by atoms with Crippen molar-refractivity contribution in [2.45, 2.75) is 0 Å². The molecule has 0 fully saturated rings. The van der Waals surface area contributed by atoms with E-state index in [0.717, 1.165) is 18.2 Å². The second-order valence-electron chi connectivity index (χ2n) is 4.05. The second kappa shape index (κ2) is 6.17. The van der Waals surface area contributed by atoms with Gasteiger partial charge >= 0.3 is 0 Å². The minimum Gasteiger partial charge on any atom is -0.494 e. The Balaban J connectivity index is 2.28. The lowest BCUT2D eigenvalue weighted by atomic mass is 10.1. The topological polar surface area (TPSA) is 38.3 Å². The quantitative estimate of drug-likeness (QED) is 0.894. The fourth-order valence-corrected chi connectivity index (χ4v) is 2.10. The van der Waals surface area contributed by atoms with Crippen molar-refractivity contribution in [3.63, 3.8) is 0 Å². The first kappa shape index (κ1) is 15.4. The summed E-state index contributed by atoms with van der Waals surface area (Å²) in [4.78, 5) is 11.9. The summed E-state index contributed by atoms with van der Waals surface area (Å²) in [6.45, 7) is 0. The Bertz CT molecular complexity index is 684. The van der Waals surface area contributed by atoms with Gasteiger partial charge in [-0.3, -0.25) is 4.79 Å². The van der Waals surface area contributed by atoms with E-state index in [1.807, 2.05) is 0 Å². The first-order valence-electron chi connectivity index (χ1n) is 5.72. The average Bonchev–Trinajstić information content (AvgIpc) is 2.37. The van der Waals surface area contributed by atoms with Crippen molar-refractivity contribution in [2.24, 2.45) is 0 Å². The van der Waals surface area contributed by atoms with Crippen molar-refractivity contribution >= 4 is 27.5 Å². The van der Waals surface area contributed by atoms with Gasteiger partial charge in [-0.15, -0.1) is 0 Å². The van der Waals surface area contributed by atoms with Crippen LogP contribution in [0.4, 0.5) is 18.9 Å². The van der Waals surface area contributed by atoms with Crippen LogP contribution in [0.5, 0.6) is 5.75 Å². The van der Waals surface area contributed by atoms with Crippen LogP contribution in [0.25, 0.3) is 0 Å². The number of benzene rings is 2. The van der Waals surface area contributed by atoms with Crippen molar-refractivity contribution in [2.75, 3.05) is 12.4 Å². The summed E-state index contributed by atoms with van der Waals surface area (Å²) in [5.41, 5.74) is -0.686. The first-order chi connectivity index (χ1) is 9.92. The summed E-state index contributed by atoms with van der Waals surface area (Å²) in [6.07, 6.45) is 0. The molecule has 0 aliphatic rings. The maximum atomic E-state index is 13.6. The zero-order chi connectivity index (χ0) is 15.6. The number of rotatable bonds is 3. The van der Waals surface area contributed by atoms with Crippen molar-refractivity contribution in [3.05, 3.63) is 57.8 Å². The Morgan fingerprint density at radius 1 is 1.10 bits per heavy atom. The Kier molecular flexibility index (Phi) is 4.52. The minimum atomic E-state index is -1.02. The molecule has 2 rings (SSSR count). The lowest BCUT2D eigenvalue weighted by molar-refractivity contribution is 0.101. The molecule has 2 aromatic carbocycles. The normalized spacial score (nSPS) is 10.3. The highest BCUT2D eigenvalue weighted by molar-refractivity contribution is 9.10. The van der Waals surface area contributed by atoms with Gasteiger partial charge < -0.3 is 10.1 Å². The third kappa shape index (κ3) is 3.36. The molecule has 1 amide bonds. The third-order valence-corrected chi connectivity index (χ3v) is 3.10. The van der Waals surface area contributed by atoms with Crippen LogP contribution in [-0.2, 0) is 0 Å². The van der Waals surface area contributed by atoms with Crippen LogP contribution in [0.15, 0.2) is 34.8 Å². The summed E-state index contributed by atoms with van der Waals surface area (Å²) < 4.78 is 45.7. The zero-order valence-corrected chi connectivity index (χ0v) is 12.3. The van der Waals surface area contributed by atoms with Crippen molar-refractivity contribution in [3.8, 4) is 5.75 Å². The molecule has 0 radical (unpaired) electrons. The number of nitrogens with one attached hydrogen (secondary N) is 1. The van der Waals surface area contributed by atoms with Crippen molar-refractivity contribution in [1.82, 2.24) is 0 Å². The molecule has 2 aromatic rings. The molecule has 0 aromatic heterocycles. The van der Waals surface area contributed by atoms with Gasteiger partial charge in [0.15, 0.2) is 11.6 Å². The van der Waals surface area contributed by atoms with Gasteiger partial charge in [-0.2, -0.15) is 0 Å². The second-order valence-corrected chi connectivity index (χ2v) is 4.96. The molecule has 1 N–H and O–H groups in total. The Labute approximate surface area is 126 Å². The molecule has 0 saturated carbocycles. The summed E-state index contributed by atoms with van der Waals surface area (Å²) in [5.74, 6) is -3.76. The Hall–Kier alpha value is -2.02. The predicted octanol–water partition coefficient (Wildman–Crippen LogP) is 4.13. The van der Waals surface area contributed by atoms with E-state index in [1.165, 1.54) is 19.2 Å². The third-order valence-electron chi connectivity index (χ3n) is 2.64. The van der Waals surface area contributed by atoms with Crippen LogP contribution in [0, 0.1) is 17.5 Å². The fourth-order valence-electron chi connectivity index (χ4n) is 1.70. The summed E-state index contributed by atoms with van der Waals surface area (Å²) in [6, 6.07) is 5.57. The molecule has 110 valence electrons. The van der Waals surface area contributed by atoms with Crippen LogP contribution in [0.3, 0.4) is 0 Å². The highest BCUT2D eigenvalue weighted by Crippen LogP contribution is 2.23. The fraction of sp³-hybridized carbons (Fsp3) is 0.0714. The molecule has 0 aliphatic carbocycles. The van der Waals surface area contributed by atoms with E-state index in [2.05, 4.69) is 21.2 Å². The summed E-state index contributed by atoms with van der Waals surface area (Å²) in [7, 11) is 1.29. The maximum Gasteiger partial charge on any atom is 0.261 e. The lowest BCUT2D eigenvalue weighted by Gasteiger charge is -2.09. The van der Waals surface area contributed by atoms with E-state index in [4.69, 9.17) is 4.74 Å². The number of carbonyl (C=O) groups is 1. The maximum absolute atomic E-state index is 13.6. The van der Waals surface area contributed by atoms with E-state index < -0.39 is 28.9 Å². The molecule has 0 heterocycles. The molecule has 0 atom stereocenters. The standard InChI is InChI=1S/C14H9BrF3NO2/c1-21-12-3-2-8(6-9(12)16)19-14(20)13-10(17)4-7(15)5-11(13)18/h2-6H,1H3,(H,19,20). The van der Waals surface area contributed by atoms with E-state index in [1.54, 1.807) is 0 Å². The molecule has 0 unspecified atom stereocenters. The minimum absolute atomic E-state index is 0.00555. The number of hydrogen-bond donors (Lipinski definition) is 1. The smallest absolute Gasteiger partial charge is 0.261 e.